The third-order valence-corrected chi connectivity index (χ3v) is 3.56. The molecule has 0 saturated carbocycles. The van der Waals surface area contributed by atoms with Gasteiger partial charge in [-0.2, -0.15) is 0 Å². The number of Topliss-reactive ketones (excluding diaryl/α,β-unsaturated/α-hetero) is 1. The van der Waals surface area contributed by atoms with Crippen LogP contribution >= 0.6 is 11.3 Å². The highest BCUT2D eigenvalue weighted by molar-refractivity contribution is 7.17. The van der Waals surface area contributed by atoms with Crippen LogP contribution < -0.4 is 16.4 Å². The maximum atomic E-state index is 11.6. The van der Waals surface area contributed by atoms with Crippen molar-refractivity contribution in [1.29, 1.82) is 0 Å². The molecule has 0 bridgehead atoms. The Morgan fingerprint density at radius 2 is 2.05 bits per heavy atom. The smallest absolute Gasteiger partial charge is 0.245 e. The Morgan fingerprint density at radius 3 is 2.55 bits per heavy atom. The lowest BCUT2D eigenvalue weighted by Gasteiger charge is -2.14. The molecule has 7 nitrogen and oxygen atoms in total. The van der Waals surface area contributed by atoms with Crippen molar-refractivity contribution in [1.82, 2.24) is 10.3 Å². The van der Waals surface area contributed by atoms with Crippen molar-refractivity contribution in [2.45, 2.75) is 26.8 Å². The van der Waals surface area contributed by atoms with E-state index in [1.165, 1.54) is 13.1 Å². The summed E-state index contributed by atoms with van der Waals surface area (Å²) in [5.41, 5.74) is 5.64. The average molecular weight is 298 g/mol. The number of anilines is 1. The van der Waals surface area contributed by atoms with Crippen molar-refractivity contribution in [3.05, 3.63) is 11.1 Å². The summed E-state index contributed by atoms with van der Waals surface area (Å²) in [6.07, 6.45) is 1.40. The number of nitrogens with zero attached hydrogens (tertiary/aromatic N) is 1. The van der Waals surface area contributed by atoms with E-state index in [-0.39, 0.29) is 24.2 Å². The van der Waals surface area contributed by atoms with Gasteiger partial charge in [-0.1, -0.05) is 25.2 Å². The van der Waals surface area contributed by atoms with Crippen LogP contribution in [-0.4, -0.2) is 35.2 Å². The summed E-state index contributed by atoms with van der Waals surface area (Å²) in [7, 11) is 0. The van der Waals surface area contributed by atoms with Crippen LogP contribution in [-0.2, 0) is 9.59 Å². The van der Waals surface area contributed by atoms with Gasteiger partial charge in [0.15, 0.2) is 10.9 Å². The number of amides is 2. The molecule has 0 fully saturated rings. The van der Waals surface area contributed by atoms with Crippen LogP contribution in [0, 0.1) is 5.92 Å². The third-order valence-electron chi connectivity index (χ3n) is 2.54. The lowest BCUT2D eigenvalue weighted by molar-refractivity contribution is -0.125. The molecule has 0 radical (unpaired) electrons. The number of thiazole rings is 1. The van der Waals surface area contributed by atoms with Gasteiger partial charge in [0, 0.05) is 6.92 Å². The van der Waals surface area contributed by atoms with Gasteiger partial charge >= 0.3 is 0 Å². The number of nitrogens with one attached hydrogen (secondary N) is 2. The van der Waals surface area contributed by atoms with E-state index in [9.17, 15) is 14.4 Å². The molecule has 8 heteroatoms. The van der Waals surface area contributed by atoms with Crippen LogP contribution in [0.5, 0.6) is 0 Å². The molecule has 1 heterocycles. The fourth-order valence-corrected chi connectivity index (χ4v) is 1.97. The van der Waals surface area contributed by atoms with E-state index in [1.807, 2.05) is 13.8 Å². The average Bonchev–Trinajstić information content (AvgIpc) is 2.83. The summed E-state index contributed by atoms with van der Waals surface area (Å²) in [5, 5.41) is 5.27. The predicted molar refractivity (Wildman–Crippen MR) is 76.6 cm³/mol. The first-order valence-corrected chi connectivity index (χ1v) is 6.92. The lowest BCUT2D eigenvalue weighted by atomic mass is 10.1. The molecule has 0 aliphatic rings. The molecule has 0 aliphatic carbocycles. The van der Waals surface area contributed by atoms with Crippen LogP contribution in [0.25, 0.3) is 0 Å². The van der Waals surface area contributed by atoms with Crippen molar-refractivity contribution in [3.8, 4) is 0 Å². The standard InChI is InChI=1S/C12H18N4O3S/c1-6(2)10(13)11(19)14-5-9(18)16-12-15-4-8(20-12)7(3)17/h4,6,10H,5,13H2,1-3H3,(H,14,19)(H,15,16,18)/t10-/m0/s1. The normalized spacial score (nSPS) is 12.1. The third kappa shape index (κ3) is 4.71. The van der Waals surface area contributed by atoms with Gasteiger partial charge in [0.05, 0.1) is 23.7 Å². The second-order valence-corrected chi connectivity index (χ2v) is 5.65. The highest BCUT2D eigenvalue weighted by Crippen LogP contribution is 2.17. The van der Waals surface area contributed by atoms with E-state index < -0.39 is 11.9 Å². The Labute approximate surface area is 121 Å². The van der Waals surface area contributed by atoms with E-state index in [2.05, 4.69) is 15.6 Å². The number of carbonyl (C=O) groups excluding carboxylic acids is 3. The summed E-state index contributed by atoms with van der Waals surface area (Å²) in [6, 6.07) is -0.646. The molecule has 20 heavy (non-hydrogen) atoms. The first-order valence-electron chi connectivity index (χ1n) is 6.11. The molecular formula is C12H18N4O3S. The Kier molecular flexibility index (Phi) is 5.78. The van der Waals surface area contributed by atoms with Crippen LogP contribution in [0.15, 0.2) is 6.20 Å². The Bertz CT molecular complexity index is 513. The van der Waals surface area contributed by atoms with Gasteiger partial charge in [-0.25, -0.2) is 4.98 Å². The largest absolute Gasteiger partial charge is 0.346 e. The van der Waals surface area contributed by atoms with Gasteiger partial charge in [0.2, 0.25) is 11.8 Å². The minimum absolute atomic E-state index is 0.00449. The van der Waals surface area contributed by atoms with Crippen molar-refractivity contribution < 1.29 is 14.4 Å². The minimum Gasteiger partial charge on any atom is -0.346 e. The van der Waals surface area contributed by atoms with E-state index in [0.29, 0.717) is 10.0 Å². The van der Waals surface area contributed by atoms with Gasteiger partial charge in [0.1, 0.15) is 0 Å². The zero-order chi connectivity index (χ0) is 15.3. The zero-order valence-corrected chi connectivity index (χ0v) is 12.4. The zero-order valence-electron chi connectivity index (χ0n) is 11.6. The number of rotatable bonds is 6. The van der Waals surface area contributed by atoms with Gasteiger partial charge in [0.25, 0.3) is 0 Å². The number of aromatic nitrogens is 1. The van der Waals surface area contributed by atoms with Gasteiger partial charge in [-0.05, 0) is 5.92 Å². The molecule has 1 aromatic rings. The summed E-state index contributed by atoms with van der Waals surface area (Å²) in [4.78, 5) is 38.6. The Hall–Kier alpha value is -1.80. The predicted octanol–water partition coefficient (Wildman–Crippen LogP) is 0.384. The number of hydrogen-bond donors (Lipinski definition) is 3. The molecule has 2 amide bonds. The molecule has 1 aromatic heterocycles. The molecule has 1 rings (SSSR count). The quantitative estimate of drug-likeness (QED) is 0.657. The highest BCUT2D eigenvalue weighted by Gasteiger charge is 2.18. The van der Waals surface area contributed by atoms with Crippen molar-refractivity contribution in [2.75, 3.05) is 11.9 Å². The fraction of sp³-hybridized carbons (Fsp3) is 0.500. The van der Waals surface area contributed by atoms with Gasteiger partial charge in [-0.3, -0.25) is 14.4 Å². The number of carbonyl (C=O) groups is 3. The molecule has 1 atom stereocenters. The number of ketones is 1. The van der Waals surface area contributed by atoms with Gasteiger partial charge < -0.3 is 16.4 Å². The van der Waals surface area contributed by atoms with Crippen molar-refractivity contribution in [3.63, 3.8) is 0 Å². The first kappa shape index (κ1) is 16.3. The number of nitrogens with two attached hydrogens (primary N) is 1. The molecular weight excluding hydrogens is 280 g/mol. The monoisotopic (exact) mass is 298 g/mol. The van der Waals surface area contributed by atoms with Crippen molar-refractivity contribution in [2.24, 2.45) is 11.7 Å². The van der Waals surface area contributed by atoms with E-state index in [4.69, 9.17) is 5.73 Å². The Balaban J connectivity index is 2.44. The van der Waals surface area contributed by atoms with Gasteiger partial charge in [-0.15, -0.1) is 0 Å². The maximum Gasteiger partial charge on any atom is 0.245 e. The SMILES string of the molecule is CC(=O)c1cnc(NC(=O)CNC(=O)[C@@H](N)C(C)C)s1. The highest BCUT2D eigenvalue weighted by atomic mass is 32.1. The Morgan fingerprint density at radius 1 is 1.40 bits per heavy atom. The van der Waals surface area contributed by atoms with Crippen LogP contribution in [0.1, 0.15) is 30.4 Å². The molecule has 4 N–H and O–H groups in total. The number of hydrogen-bond acceptors (Lipinski definition) is 6. The maximum absolute atomic E-state index is 11.6. The molecule has 0 aromatic carbocycles. The van der Waals surface area contributed by atoms with Crippen LogP contribution in [0.2, 0.25) is 0 Å². The molecule has 0 spiro atoms. The van der Waals surface area contributed by atoms with E-state index in [0.717, 1.165) is 11.3 Å². The topological polar surface area (TPSA) is 114 Å². The van der Waals surface area contributed by atoms with Crippen molar-refractivity contribution >= 4 is 34.1 Å². The summed E-state index contributed by atoms with van der Waals surface area (Å²) in [5.74, 6) is -0.910. The first-order chi connectivity index (χ1) is 9.31. The van der Waals surface area contributed by atoms with E-state index >= 15 is 0 Å². The molecule has 0 aliphatic heterocycles. The van der Waals surface area contributed by atoms with Crippen LogP contribution in [0.4, 0.5) is 5.13 Å². The second kappa shape index (κ2) is 7.11. The minimum atomic E-state index is -0.646. The summed E-state index contributed by atoms with van der Waals surface area (Å²) >= 11 is 1.08. The van der Waals surface area contributed by atoms with E-state index in [1.54, 1.807) is 0 Å². The summed E-state index contributed by atoms with van der Waals surface area (Å²) < 4.78 is 0. The fourth-order valence-electron chi connectivity index (χ4n) is 1.25. The molecule has 0 unspecified atom stereocenters. The van der Waals surface area contributed by atoms with Crippen LogP contribution in [0.3, 0.4) is 0 Å². The second-order valence-electron chi connectivity index (χ2n) is 4.62. The molecule has 0 saturated heterocycles. The molecule has 110 valence electrons. The lowest BCUT2D eigenvalue weighted by Crippen LogP contribution is -2.46. The summed E-state index contributed by atoms with van der Waals surface area (Å²) in [6.45, 7) is 4.88.